The van der Waals surface area contributed by atoms with Crippen LogP contribution >= 0.6 is 0 Å². The number of nitrogens with zero attached hydrogens (tertiary/aromatic N) is 1. The van der Waals surface area contributed by atoms with Gasteiger partial charge in [-0.2, -0.15) is 0 Å². The largest absolute Gasteiger partial charge is 0.368 e. The molecule has 3 rings (SSSR count). The average Bonchev–Trinajstić information content (AvgIpc) is 3.03. The summed E-state index contributed by atoms with van der Waals surface area (Å²) in [5.41, 5.74) is 0. The lowest BCUT2D eigenvalue weighted by molar-refractivity contribution is -0.142. The maximum atomic E-state index is 12.4. The Labute approximate surface area is 103 Å². The van der Waals surface area contributed by atoms with Gasteiger partial charge in [-0.1, -0.05) is 6.92 Å². The van der Waals surface area contributed by atoms with Crippen LogP contribution in [0.4, 0.5) is 0 Å². The van der Waals surface area contributed by atoms with Crippen molar-refractivity contribution in [1.82, 2.24) is 10.2 Å². The monoisotopic (exact) mass is 238 g/mol. The summed E-state index contributed by atoms with van der Waals surface area (Å²) in [5.74, 6) is 1.60. The van der Waals surface area contributed by atoms with Crippen LogP contribution in [0.15, 0.2) is 0 Å². The molecule has 1 amide bonds. The lowest BCUT2D eigenvalue weighted by atomic mass is 9.93. The van der Waals surface area contributed by atoms with Crippen LogP contribution < -0.4 is 5.32 Å². The van der Waals surface area contributed by atoms with Gasteiger partial charge in [0.15, 0.2) is 0 Å². The summed E-state index contributed by atoms with van der Waals surface area (Å²) in [7, 11) is 0. The summed E-state index contributed by atoms with van der Waals surface area (Å²) in [5, 5.41) is 3.45. The van der Waals surface area contributed by atoms with Crippen LogP contribution in [0.3, 0.4) is 0 Å². The number of carbonyl (C=O) groups is 1. The molecule has 0 radical (unpaired) electrons. The Morgan fingerprint density at radius 2 is 2.35 bits per heavy atom. The van der Waals surface area contributed by atoms with E-state index in [0.717, 1.165) is 45.5 Å². The van der Waals surface area contributed by atoms with Gasteiger partial charge in [-0.3, -0.25) is 4.79 Å². The molecular formula is C13H22N2O2. The zero-order valence-electron chi connectivity index (χ0n) is 10.5. The predicted octanol–water partition coefficient (Wildman–Crippen LogP) is 0.622. The van der Waals surface area contributed by atoms with Crippen molar-refractivity contribution in [2.24, 2.45) is 11.8 Å². The fraction of sp³-hybridized carbons (Fsp3) is 0.923. The van der Waals surface area contributed by atoms with E-state index in [0.29, 0.717) is 17.9 Å². The maximum absolute atomic E-state index is 12.4. The van der Waals surface area contributed by atoms with Crippen LogP contribution in [0.1, 0.15) is 26.2 Å². The van der Waals surface area contributed by atoms with Crippen molar-refractivity contribution in [3.05, 3.63) is 0 Å². The third kappa shape index (κ3) is 1.87. The summed E-state index contributed by atoms with van der Waals surface area (Å²) in [6, 6.07) is 0.437. The Morgan fingerprint density at radius 3 is 3.06 bits per heavy atom. The first-order valence-electron chi connectivity index (χ1n) is 6.94. The van der Waals surface area contributed by atoms with Crippen LogP contribution in [0.5, 0.6) is 0 Å². The number of amides is 1. The Balaban J connectivity index is 1.72. The highest BCUT2D eigenvalue weighted by Gasteiger charge is 2.46. The molecule has 0 saturated carbocycles. The highest BCUT2D eigenvalue weighted by atomic mass is 16.5. The number of fused-ring (bicyclic) bond motifs is 1. The van der Waals surface area contributed by atoms with Crippen molar-refractivity contribution < 1.29 is 9.53 Å². The Bertz CT molecular complexity index is 302. The molecule has 3 saturated heterocycles. The molecule has 4 atom stereocenters. The van der Waals surface area contributed by atoms with E-state index in [1.54, 1.807) is 0 Å². The first-order chi connectivity index (χ1) is 8.31. The first-order valence-corrected chi connectivity index (χ1v) is 6.94. The summed E-state index contributed by atoms with van der Waals surface area (Å²) < 4.78 is 5.54. The number of ether oxygens (including phenoxy) is 1. The van der Waals surface area contributed by atoms with Crippen molar-refractivity contribution in [2.45, 2.75) is 38.3 Å². The highest BCUT2D eigenvalue weighted by molar-refractivity contribution is 5.82. The average molecular weight is 238 g/mol. The van der Waals surface area contributed by atoms with E-state index in [1.165, 1.54) is 0 Å². The number of nitrogens with one attached hydrogen (secondary N) is 1. The van der Waals surface area contributed by atoms with Gasteiger partial charge in [0.25, 0.3) is 5.91 Å². The third-order valence-corrected chi connectivity index (χ3v) is 4.62. The summed E-state index contributed by atoms with van der Waals surface area (Å²) in [4.78, 5) is 14.5. The lowest BCUT2D eigenvalue weighted by Gasteiger charge is -2.28. The Morgan fingerprint density at radius 1 is 1.47 bits per heavy atom. The second-order valence-electron chi connectivity index (χ2n) is 5.55. The second-order valence-corrected chi connectivity index (χ2v) is 5.55. The lowest BCUT2D eigenvalue weighted by Crippen LogP contribution is -2.44. The predicted molar refractivity (Wildman–Crippen MR) is 64.6 cm³/mol. The standard InChI is InChI=1S/C13H22N2O2/c1-2-11-10-7-14-6-9(10)8-15(11)13(16)12-4-3-5-17-12/h9-12,14H,2-8H2,1H3. The van der Waals surface area contributed by atoms with Gasteiger partial charge in [0.05, 0.1) is 0 Å². The molecular weight excluding hydrogens is 216 g/mol. The molecule has 96 valence electrons. The third-order valence-electron chi connectivity index (χ3n) is 4.62. The smallest absolute Gasteiger partial charge is 0.251 e. The van der Waals surface area contributed by atoms with Crippen molar-refractivity contribution in [3.63, 3.8) is 0 Å². The summed E-state index contributed by atoms with van der Waals surface area (Å²) in [6.45, 7) is 6.06. The van der Waals surface area contributed by atoms with Crippen LogP contribution in [0.2, 0.25) is 0 Å². The topological polar surface area (TPSA) is 41.6 Å². The molecule has 4 heteroatoms. The molecule has 0 aliphatic carbocycles. The maximum Gasteiger partial charge on any atom is 0.251 e. The van der Waals surface area contributed by atoms with E-state index >= 15 is 0 Å². The minimum atomic E-state index is -0.143. The zero-order valence-corrected chi connectivity index (χ0v) is 10.5. The fourth-order valence-corrected chi connectivity index (χ4v) is 3.76. The van der Waals surface area contributed by atoms with Crippen molar-refractivity contribution in [3.8, 4) is 0 Å². The minimum absolute atomic E-state index is 0.143. The molecule has 0 aromatic heterocycles. The number of carbonyl (C=O) groups excluding carboxylic acids is 1. The van der Waals surface area contributed by atoms with Gasteiger partial charge in [-0.05, 0) is 31.1 Å². The van der Waals surface area contributed by atoms with Crippen molar-refractivity contribution in [1.29, 1.82) is 0 Å². The van der Waals surface area contributed by atoms with Crippen LogP contribution in [-0.2, 0) is 9.53 Å². The second kappa shape index (κ2) is 4.58. The van der Waals surface area contributed by atoms with E-state index in [4.69, 9.17) is 4.74 Å². The van der Waals surface area contributed by atoms with E-state index in [9.17, 15) is 4.79 Å². The molecule has 3 heterocycles. The molecule has 3 aliphatic heterocycles. The van der Waals surface area contributed by atoms with E-state index < -0.39 is 0 Å². The molecule has 0 bridgehead atoms. The molecule has 17 heavy (non-hydrogen) atoms. The fourth-order valence-electron chi connectivity index (χ4n) is 3.76. The van der Waals surface area contributed by atoms with E-state index in [-0.39, 0.29) is 12.0 Å². The zero-order chi connectivity index (χ0) is 11.8. The molecule has 3 fully saturated rings. The number of rotatable bonds is 2. The highest BCUT2D eigenvalue weighted by Crippen LogP contribution is 2.35. The number of likely N-dealkylation sites (tertiary alicyclic amines) is 1. The van der Waals surface area contributed by atoms with Crippen LogP contribution in [0.25, 0.3) is 0 Å². The number of hydrogen-bond donors (Lipinski definition) is 1. The molecule has 4 nitrogen and oxygen atoms in total. The molecule has 4 unspecified atom stereocenters. The van der Waals surface area contributed by atoms with Gasteiger partial charge in [0.1, 0.15) is 6.10 Å². The summed E-state index contributed by atoms with van der Waals surface area (Å²) in [6.07, 6.45) is 2.88. The normalized spacial score (nSPS) is 40.9. The van der Waals surface area contributed by atoms with Crippen LogP contribution in [-0.4, -0.2) is 49.2 Å². The molecule has 1 N–H and O–H groups in total. The van der Waals surface area contributed by atoms with Crippen LogP contribution in [0, 0.1) is 11.8 Å². The van der Waals surface area contributed by atoms with Gasteiger partial charge in [-0.25, -0.2) is 0 Å². The van der Waals surface area contributed by atoms with Gasteiger partial charge in [0, 0.05) is 32.3 Å². The Kier molecular flexibility index (Phi) is 3.09. The van der Waals surface area contributed by atoms with Gasteiger partial charge < -0.3 is 15.0 Å². The number of hydrogen-bond acceptors (Lipinski definition) is 3. The first kappa shape index (κ1) is 11.5. The molecule has 3 aliphatic rings. The molecule has 0 spiro atoms. The SMILES string of the molecule is CCC1C2CNCC2CN1C(=O)C1CCCO1. The van der Waals surface area contributed by atoms with Crippen molar-refractivity contribution >= 4 is 5.91 Å². The van der Waals surface area contributed by atoms with E-state index in [2.05, 4.69) is 17.1 Å². The Hall–Kier alpha value is -0.610. The molecule has 0 aromatic rings. The summed E-state index contributed by atoms with van der Waals surface area (Å²) >= 11 is 0. The molecule has 0 aromatic carbocycles. The van der Waals surface area contributed by atoms with Gasteiger partial charge in [-0.15, -0.1) is 0 Å². The van der Waals surface area contributed by atoms with Gasteiger partial charge >= 0.3 is 0 Å². The van der Waals surface area contributed by atoms with E-state index in [1.807, 2.05) is 0 Å². The minimum Gasteiger partial charge on any atom is -0.368 e. The van der Waals surface area contributed by atoms with Gasteiger partial charge in [0.2, 0.25) is 0 Å². The quantitative estimate of drug-likeness (QED) is 0.767. The van der Waals surface area contributed by atoms with Crippen molar-refractivity contribution in [2.75, 3.05) is 26.2 Å².